The molecule has 0 saturated carbocycles. The number of nitrogens with zero attached hydrogens (tertiary/aromatic N) is 4. The summed E-state index contributed by atoms with van der Waals surface area (Å²) in [6.07, 6.45) is 3.73. The number of aromatic nitrogens is 4. The molecule has 4 nitrogen and oxygen atoms in total. The fraction of sp³-hybridized carbons (Fsp3) is 0.0286. The van der Waals surface area contributed by atoms with Crippen molar-refractivity contribution in [2.75, 3.05) is 0 Å². The minimum absolute atomic E-state index is 0.639. The van der Waals surface area contributed by atoms with Gasteiger partial charge < -0.3 is 0 Å². The molecule has 0 amide bonds. The van der Waals surface area contributed by atoms with Crippen molar-refractivity contribution in [1.82, 2.24) is 19.9 Å². The lowest BCUT2D eigenvalue weighted by atomic mass is 10.0. The molecule has 0 saturated heterocycles. The second kappa shape index (κ2) is 9.58. The molecule has 5 aromatic carbocycles. The molecule has 0 aliphatic rings. The molecular formula is C35H24N4. The number of rotatable bonds is 4. The number of pyridine rings is 1. The van der Waals surface area contributed by atoms with Crippen molar-refractivity contribution in [2.24, 2.45) is 0 Å². The topological polar surface area (TPSA) is 51.6 Å². The van der Waals surface area contributed by atoms with Crippen LogP contribution in [0.3, 0.4) is 0 Å². The Morgan fingerprint density at radius 3 is 1.51 bits per heavy atom. The Labute approximate surface area is 226 Å². The van der Waals surface area contributed by atoms with Crippen LogP contribution in [0, 0.1) is 6.92 Å². The summed E-state index contributed by atoms with van der Waals surface area (Å²) in [7, 11) is 0. The fourth-order valence-corrected chi connectivity index (χ4v) is 5.01. The fourth-order valence-electron chi connectivity index (χ4n) is 5.01. The van der Waals surface area contributed by atoms with Gasteiger partial charge in [-0.05, 0) is 63.9 Å². The summed E-state index contributed by atoms with van der Waals surface area (Å²) in [6, 6.07) is 39.7. The first-order chi connectivity index (χ1) is 19.2. The van der Waals surface area contributed by atoms with Crippen LogP contribution in [0.25, 0.3) is 66.8 Å². The van der Waals surface area contributed by atoms with Crippen LogP contribution in [0.2, 0.25) is 0 Å². The summed E-state index contributed by atoms with van der Waals surface area (Å²) in [4.78, 5) is 19.3. The summed E-state index contributed by atoms with van der Waals surface area (Å²) >= 11 is 0. The molecule has 0 spiro atoms. The Bertz CT molecular complexity index is 1900. The summed E-state index contributed by atoms with van der Waals surface area (Å²) in [5.74, 6) is 1.94. The predicted molar refractivity (Wildman–Crippen MR) is 159 cm³/mol. The lowest BCUT2D eigenvalue weighted by Crippen LogP contribution is -2.00. The average Bonchev–Trinajstić information content (AvgIpc) is 3.00. The maximum absolute atomic E-state index is 4.99. The predicted octanol–water partition coefficient (Wildman–Crippen LogP) is 8.55. The average molecular weight is 501 g/mol. The minimum atomic E-state index is 0.639. The molecule has 7 rings (SSSR count). The normalized spacial score (nSPS) is 11.2. The van der Waals surface area contributed by atoms with Crippen LogP contribution < -0.4 is 0 Å². The Morgan fingerprint density at radius 2 is 0.949 bits per heavy atom. The van der Waals surface area contributed by atoms with E-state index in [1.807, 2.05) is 24.5 Å². The van der Waals surface area contributed by atoms with Crippen molar-refractivity contribution in [2.45, 2.75) is 6.92 Å². The molecule has 7 aromatic rings. The highest BCUT2D eigenvalue weighted by Gasteiger charge is 2.14. The van der Waals surface area contributed by atoms with E-state index < -0.39 is 0 Å². The van der Waals surface area contributed by atoms with E-state index in [-0.39, 0.29) is 0 Å². The van der Waals surface area contributed by atoms with E-state index >= 15 is 0 Å². The van der Waals surface area contributed by atoms with E-state index in [0.29, 0.717) is 17.5 Å². The van der Waals surface area contributed by atoms with Gasteiger partial charge in [-0.2, -0.15) is 0 Å². The van der Waals surface area contributed by atoms with Gasteiger partial charge in [0.2, 0.25) is 0 Å². The number of hydrogen-bond donors (Lipinski definition) is 0. The molecule has 0 aliphatic carbocycles. The van der Waals surface area contributed by atoms with Crippen molar-refractivity contribution in [3.05, 3.63) is 133 Å². The molecule has 4 heteroatoms. The highest BCUT2D eigenvalue weighted by atomic mass is 15.0. The molecule has 0 unspecified atom stereocenters. The maximum atomic E-state index is 4.99. The van der Waals surface area contributed by atoms with Gasteiger partial charge in [0.15, 0.2) is 17.5 Å². The van der Waals surface area contributed by atoms with Gasteiger partial charge in [-0.25, -0.2) is 15.0 Å². The van der Waals surface area contributed by atoms with Crippen molar-refractivity contribution in [3.8, 4) is 45.3 Å². The molecule has 2 aromatic heterocycles. The van der Waals surface area contributed by atoms with E-state index in [2.05, 4.69) is 115 Å². The SMILES string of the molecule is Cc1ccncc1-c1cccc(-c2nc(-c3ccc4ccccc4c3)nc(-c3ccc4ccccc4c3)n2)c1. The number of aryl methyl sites for hydroxylation is 1. The second-order valence-electron chi connectivity index (χ2n) is 9.70. The third-order valence-electron chi connectivity index (χ3n) is 7.12. The van der Waals surface area contributed by atoms with Crippen LogP contribution in [0.5, 0.6) is 0 Å². The maximum Gasteiger partial charge on any atom is 0.164 e. The lowest BCUT2D eigenvalue weighted by Gasteiger charge is -2.11. The monoisotopic (exact) mass is 500 g/mol. The Balaban J connectivity index is 1.42. The number of benzene rings is 5. The van der Waals surface area contributed by atoms with Crippen LogP contribution in [-0.2, 0) is 0 Å². The van der Waals surface area contributed by atoms with E-state index in [1.54, 1.807) is 0 Å². The van der Waals surface area contributed by atoms with Gasteiger partial charge in [0.1, 0.15) is 0 Å². The first-order valence-electron chi connectivity index (χ1n) is 13.0. The van der Waals surface area contributed by atoms with Crippen molar-refractivity contribution < 1.29 is 0 Å². The van der Waals surface area contributed by atoms with Gasteiger partial charge in [0.25, 0.3) is 0 Å². The first kappa shape index (κ1) is 22.9. The standard InChI is InChI=1S/C35H24N4/c1-23-17-18-36-22-32(23)28-11-6-12-29(21-28)33-37-34(30-15-13-24-7-2-4-9-26(24)19-30)39-35(38-33)31-16-14-25-8-3-5-10-27(25)20-31/h2-22H,1H3. The molecule has 0 fully saturated rings. The van der Waals surface area contributed by atoms with Crippen LogP contribution in [0.15, 0.2) is 128 Å². The molecule has 2 heterocycles. The largest absolute Gasteiger partial charge is 0.264 e. The first-order valence-corrected chi connectivity index (χ1v) is 13.0. The van der Waals surface area contributed by atoms with Gasteiger partial charge in [-0.1, -0.05) is 91.0 Å². The zero-order chi connectivity index (χ0) is 26.2. The Morgan fingerprint density at radius 1 is 0.436 bits per heavy atom. The Kier molecular flexibility index (Phi) is 5.64. The van der Waals surface area contributed by atoms with Gasteiger partial charge in [-0.15, -0.1) is 0 Å². The third kappa shape index (κ3) is 4.42. The number of fused-ring (bicyclic) bond motifs is 2. The van der Waals surface area contributed by atoms with E-state index in [1.165, 1.54) is 16.3 Å². The van der Waals surface area contributed by atoms with Gasteiger partial charge in [0.05, 0.1) is 0 Å². The van der Waals surface area contributed by atoms with Gasteiger partial charge in [-0.3, -0.25) is 4.98 Å². The van der Waals surface area contributed by atoms with Crippen molar-refractivity contribution in [3.63, 3.8) is 0 Å². The van der Waals surface area contributed by atoms with Gasteiger partial charge >= 0.3 is 0 Å². The van der Waals surface area contributed by atoms with Crippen molar-refractivity contribution >= 4 is 21.5 Å². The molecule has 0 atom stereocenters. The van der Waals surface area contributed by atoms with Gasteiger partial charge in [0, 0.05) is 34.6 Å². The number of hydrogen-bond acceptors (Lipinski definition) is 4. The van der Waals surface area contributed by atoms with E-state index in [4.69, 9.17) is 15.0 Å². The second-order valence-corrected chi connectivity index (χ2v) is 9.70. The van der Waals surface area contributed by atoms with Crippen LogP contribution in [0.1, 0.15) is 5.56 Å². The summed E-state index contributed by atoms with van der Waals surface area (Å²) in [6.45, 7) is 2.10. The molecule has 184 valence electrons. The molecule has 0 radical (unpaired) electrons. The van der Waals surface area contributed by atoms with Crippen molar-refractivity contribution in [1.29, 1.82) is 0 Å². The highest BCUT2D eigenvalue weighted by Crippen LogP contribution is 2.31. The molecule has 0 bridgehead atoms. The summed E-state index contributed by atoms with van der Waals surface area (Å²) in [5, 5.41) is 4.67. The smallest absolute Gasteiger partial charge is 0.164 e. The van der Waals surface area contributed by atoms with E-state index in [9.17, 15) is 0 Å². The highest BCUT2D eigenvalue weighted by molar-refractivity contribution is 5.88. The molecule has 0 N–H and O–H groups in total. The minimum Gasteiger partial charge on any atom is -0.264 e. The molecular weight excluding hydrogens is 476 g/mol. The lowest BCUT2D eigenvalue weighted by molar-refractivity contribution is 1.07. The molecule has 0 aliphatic heterocycles. The Hall–Kier alpha value is -5.22. The van der Waals surface area contributed by atoms with Crippen LogP contribution in [0.4, 0.5) is 0 Å². The zero-order valence-electron chi connectivity index (χ0n) is 21.4. The molecule has 39 heavy (non-hydrogen) atoms. The van der Waals surface area contributed by atoms with E-state index in [0.717, 1.165) is 38.6 Å². The zero-order valence-corrected chi connectivity index (χ0v) is 21.4. The quantitative estimate of drug-likeness (QED) is 0.243. The van der Waals surface area contributed by atoms with Crippen LogP contribution in [-0.4, -0.2) is 19.9 Å². The summed E-state index contributed by atoms with van der Waals surface area (Å²) in [5.41, 5.74) is 6.20. The van der Waals surface area contributed by atoms with Crippen LogP contribution >= 0.6 is 0 Å². The third-order valence-corrected chi connectivity index (χ3v) is 7.12. The summed E-state index contributed by atoms with van der Waals surface area (Å²) < 4.78 is 0.